The van der Waals surface area contributed by atoms with Gasteiger partial charge in [0.1, 0.15) is 6.54 Å². The predicted molar refractivity (Wildman–Crippen MR) is 82.0 cm³/mol. The Morgan fingerprint density at radius 2 is 2.19 bits per heavy atom. The van der Waals surface area contributed by atoms with Crippen molar-refractivity contribution in [2.24, 2.45) is 11.7 Å². The summed E-state index contributed by atoms with van der Waals surface area (Å²) in [6.45, 7) is 0.0831. The molecule has 5 nitrogen and oxygen atoms in total. The minimum atomic E-state index is -0.780. The Kier molecular flexibility index (Phi) is 3.49. The van der Waals surface area contributed by atoms with Crippen molar-refractivity contribution in [1.82, 2.24) is 4.57 Å². The van der Waals surface area contributed by atoms with E-state index in [1.165, 1.54) is 0 Å². The number of halogens is 1. The lowest BCUT2D eigenvalue weighted by molar-refractivity contribution is -0.142. The van der Waals surface area contributed by atoms with E-state index in [-0.39, 0.29) is 6.54 Å². The first-order valence-corrected chi connectivity index (χ1v) is 7.57. The van der Waals surface area contributed by atoms with E-state index in [0.717, 1.165) is 26.6 Å². The van der Waals surface area contributed by atoms with E-state index in [9.17, 15) is 14.7 Å². The van der Waals surface area contributed by atoms with Gasteiger partial charge in [-0.3, -0.25) is 9.59 Å². The van der Waals surface area contributed by atoms with Gasteiger partial charge in [-0.25, -0.2) is 0 Å². The molecule has 1 aromatic heterocycles. The van der Waals surface area contributed by atoms with Gasteiger partial charge in [0.05, 0.1) is 5.92 Å². The molecule has 3 rings (SSSR count). The van der Waals surface area contributed by atoms with Crippen molar-refractivity contribution in [2.45, 2.75) is 25.8 Å². The van der Waals surface area contributed by atoms with Gasteiger partial charge in [-0.1, -0.05) is 15.9 Å². The molecular weight excluding hydrogens is 336 g/mol. The van der Waals surface area contributed by atoms with Gasteiger partial charge in [0.25, 0.3) is 0 Å². The zero-order valence-electron chi connectivity index (χ0n) is 11.3. The Morgan fingerprint density at radius 1 is 1.43 bits per heavy atom. The van der Waals surface area contributed by atoms with Crippen LogP contribution in [0.4, 0.5) is 0 Å². The van der Waals surface area contributed by atoms with E-state index in [0.29, 0.717) is 19.3 Å². The monoisotopic (exact) mass is 350 g/mol. The molecule has 0 saturated carbocycles. The molecule has 3 N–H and O–H groups in total. The van der Waals surface area contributed by atoms with Crippen molar-refractivity contribution >= 4 is 38.7 Å². The number of aromatic nitrogens is 1. The molecule has 1 aliphatic carbocycles. The lowest BCUT2D eigenvalue weighted by atomic mass is 9.87. The maximum absolute atomic E-state index is 11.4. The molecule has 0 bridgehead atoms. The summed E-state index contributed by atoms with van der Waals surface area (Å²) in [5.74, 6) is -1.59. The van der Waals surface area contributed by atoms with Gasteiger partial charge in [0, 0.05) is 27.5 Å². The Balaban J connectivity index is 2.20. The van der Waals surface area contributed by atoms with Crippen LogP contribution < -0.4 is 5.73 Å². The second-order valence-electron chi connectivity index (χ2n) is 5.42. The van der Waals surface area contributed by atoms with Crippen LogP contribution in [0.3, 0.4) is 0 Å². The topological polar surface area (TPSA) is 85.3 Å². The summed E-state index contributed by atoms with van der Waals surface area (Å²) in [6, 6.07) is 5.88. The summed E-state index contributed by atoms with van der Waals surface area (Å²) in [6.07, 6.45) is 1.79. The van der Waals surface area contributed by atoms with Crippen molar-refractivity contribution in [3.8, 4) is 0 Å². The highest BCUT2D eigenvalue weighted by molar-refractivity contribution is 9.10. The number of aliphatic carboxylic acids is 1. The maximum atomic E-state index is 11.4. The summed E-state index contributed by atoms with van der Waals surface area (Å²) >= 11 is 3.46. The number of hydrogen-bond acceptors (Lipinski definition) is 2. The minimum Gasteiger partial charge on any atom is -0.481 e. The van der Waals surface area contributed by atoms with Gasteiger partial charge in [0.2, 0.25) is 5.91 Å². The number of carbonyl (C=O) groups is 2. The Hall–Kier alpha value is -1.82. The molecule has 0 aliphatic heterocycles. The zero-order chi connectivity index (χ0) is 15.1. The molecule has 1 aromatic carbocycles. The molecule has 0 saturated heterocycles. The van der Waals surface area contributed by atoms with Crippen molar-refractivity contribution in [3.05, 3.63) is 33.9 Å². The van der Waals surface area contributed by atoms with Gasteiger partial charge in [-0.05, 0) is 36.6 Å². The van der Waals surface area contributed by atoms with Crippen molar-refractivity contribution < 1.29 is 14.7 Å². The molecule has 0 unspecified atom stereocenters. The smallest absolute Gasteiger partial charge is 0.306 e. The Bertz CT molecular complexity index is 751. The van der Waals surface area contributed by atoms with E-state index in [1.54, 1.807) is 0 Å². The average molecular weight is 351 g/mol. The number of carboxylic acids is 1. The maximum Gasteiger partial charge on any atom is 0.306 e. The molecule has 1 atom stereocenters. The number of benzene rings is 1. The lowest BCUT2D eigenvalue weighted by Gasteiger charge is -2.21. The van der Waals surface area contributed by atoms with Crippen LogP contribution in [-0.2, 0) is 29.0 Å². The third-order valence-corrected chi connectivity index (χ3v) is 4.59. The third-order valence-electron chi connectivity index (χ3n) is 4.09. The largest absolute Gasteiger partial charge is 0.481 e. The van der Waals surface area contributed by atoms with E-state index < -0.39 is 17.8 Å². The number of primary amides is 1. The second-order valence-corrected chi connectivity index (χ2v) is 6.33. The molecule has 1 amide bonds. The lowest BCUT2D eigenvalue weighted by Crippen LogP contribution is -2.26. The number of carboxylic acid groups (broad SMARTS) is 1. The highest BCUT2D eigenvalue weighted by atomic mass is 79.9. The number of amides is 1. The van der Waals surface area contributed by atoms with Gasteiger partial charge in [-0.15, -0.1) is 0 Å². The first-order chi connectivity index (χ1) is 9.97. The Morgan fingerprint density at radius 3 is 2.86 bits per heavy atom. The summed E-state index contributed by atoms with van der Waals surface area (Å²) in [4.78, 5) is 22.6. The highest BCUT2D eigenvalue weighted by Gasteiger charge is 2.29. The van der Waals surface area contributed by atoms with Crippen LogP contribution in [0.15, 0.2) is 22.7 Å². The number of hydrogen-bond donors (Lipinski definition) is 2. The van der Waals surface area contributed by atoms with Gasteiger partial charge < -0.3 is 15.4 Å². The van der Waals surface area contributed by atoms with E-state index in [4.69, 9.17) is 5.73 Å². The number of fused-ring (bicyclic) bond motifs is 3. The Labute approximate surface area is 129 Å². The molecule has 1 aliphatic rings. The van der Waals surface area contributed by atoms with Gasteiger partial charge in [0.15, 0.2) is 0 Å². The van der Waals surface area contributed by atoms with E-state index in [1.807, 2.05) is 22.8 Å². The zero-order valence-corrected chi connectivity index (χ0v) is 12.9. The number of aryl methyl sites for hydroxylation is 1. The quantitative estimate of drug-likeness (QED) is 0.888. The molecule has 110 valence electrons. The highest BCUT2D eigenvalue weighted by Crippen LogP contribution is 2.35. The van der Waals surface area contributed by atoms with Crippen LogP contribution in [-0.4, -0.2) is 21.6 Å². The third kappa shape index (κ3) is 2.44. The van der Waals surface area contributed by atoms with Crippen molar-refractivity contribution in [2.75, 3.05) is 0 Å². The minimum absolute atomic E-state index is 0.0831. The fourth-order valence-corrected chi connectivity index (χ4v) is 3.52. The molecule has 1 heterocycles. The first-order valence-electron chi connectivity index (χ1n) is 6.78. The van der Waals surface area contributed by atoms with Crippen LogP contribution in [0.2, 0.25) is 0 Å². The van der Waals surface area contributed by atoms with Gasteiger partial charge in [-0.2, -0.15) is 0 Å². The van der Waals surface area contributed by atoms with Crippen LogP contribution in [0.1, 0.15) is 17.7 Å². The predicted octanol–water partition coefficient (Wildman–Crippen LogP) is 2.08. The number of rotatable bonds is 3. The van der Waals surface area contributed by atoms with Gasteiger partial charge >= 0.3 is 5.97 Å². The fourth-order valence-electron chi connectivity index (χ4n) is 3.16. The first kappa shape index (κ1) is 14.1. The number of nitrogens with two attached hydrogens (primary N) is 1. The number of nitrogens with zero attached hydrogens (tertiary/aromatic N) is 1. The van der Waals surface area contributed by atoms with E-state index in [2.05, 4.69) is 15.9 Å². The van der Waals surface area contributed by atoms with Crippen LogP contribution in [0.25, 0.3) is 10.9 Å². The van der Waals surface area contributed by atoms with Crippen LogP contribution in [0, 0.1) is 5.92 Å². The summed E-state index contributed by atoms with van der Waals surface area (Å²) in [5.41, 5.74) is 8.36. The SMILES string of the molecule is NC(=O)Cn1c2c(c3cc(Br)ccc31)CC[C@@H](C(=O)O)C2. The van der Waals surface area contributed by atoms with Crippen molar-refractivity contribution in [3.63, 3.8) is 0 Å². The molecule has 0 radical (unpaired) electrons. The van der Waals surface area contributed by atoms with Crippen LogP contribution >= 0.6 is 15.9 Å². The second kappa shape index (κ2) is 5.18. The molecule has 2 aromatic rings. The summed E-state index contributed by atoms with van der Waals surface area (Å²) in [7, 11) is 0. The van der Waals surface area contributed by atoms with E-state index >= 15 is 0 Å². The summed E-state index contributed by atoms with van der Waals surface area (Å²) < 4.78 is 2.84. The molecule has 0 fully saturated rings. The molecule has 21 heavy (non-hydrogen) atoms. The molecule has 6 heteroatoms. The summed E-state index contributed by atoms with van der Waals surface area (Å²) in [5, 5.41) is 10.3. The molecular formula is C15H15BrN2O3. The van der Waals surface area contributed by atoms with Crippen LogP contribution in [0.5, 0.6) is 0 Å². The molecule has 0 spiro atoms. The van der Waals surface area contributed by atoms with Crippen molar-refractivity contribution in [1.29, 1.82) is 0 Å². The number of carbonyl (C=O) groups excluding carboxylic acids is 1. The fraction of sp³-hybridized carbons (Fsp3) is 0.333. The normalized spacial score (nSPS) is 17.7. The average Bonchev–Trinajstić information content (AvgIpc) is 2.71. The standard InChI is InChI=1S/C15H15BrN2O3/c16-9-2-4-12-11(6-9)10-3-1-8(15(20)21)5-13(10)18(12)7-14(17)19/h2,4,6,8H,1,3,5,7H2,(H2,17,19)(H,20,21)/t8-/m1/s1.